The molecule has 0 unspecified atom stereocenters. The first-order chi connectivity index (χ1) is 11.5. The molecule has 24 heavy (non-hydrogen) atoms. The second-order valence-electron chi connectivity index (χ2n) is 8.79. The van der Waals surface area contributed by atoms with Crippen LogP contribution in [0.2, 0.25) is 0 Å². The van der Waals surface area contributed by atoms with Crippen LogP contribution in [0.25, 0.3) is 0 Å². The van der Waals surface area contributed by atoms with Crippen LogP contribution in [-0.2, 0) is 0 Å². The molecule has 4 fully saturated rings. The van der Waals surface area contributed by atoms with Gasteiger partial charge in [-0.25, -0.2) is 0 Å². The van der Waals surface area contributed by atoms with Gasteiger partial charge in [-0.2, -0.15) is 0 Å². The number of hydrogen-bond donors (Lipinski definition) is 1. The van der Waals surface area contributed by atoms with E-state index in [9.17, 15) is 4.79 Å². The van der Waals surface area contributed by atoms with Crippen molar-refractivity contribution in [2.45, 2.75) is 58.5 Å². The molecule has 1 aromatic carbocycles. The Hall–Kier alpha value is -1.51. The van der Waals surface area contributed by atoms with Gasteiger partial charge in [0.05, 0.1) is 6.10 Å². The Labute approximate surface area is 145 Å². The fourth-order valence-electron chi connectivity index (χ4n) is 5.83. The first-order valence-corrected chi connectivity index (χ1v) is 9.56. The van der Waals surface area contributed by atoms with Crippen LogP contribution < -0.4 is 10.1 Å². The molecular weight excluding hydrogens is 298 g/mol. The zero-order valence-corrected chi connectivity index (χ0v) is 14.9. The van der Waals surface area contributed by atoms with Crippen LogP contribution in [-0.4, -0.2) is 18.6 Å². The Balaban J connectivity index is 1.36. The molecule has 1 aromatic rings. The molecule has 0 aromatic heterocycles. The Bertz CT molecular complexity index is 569. The number of carbonyl (C=O) groups excluding carboxylic acids is 1. The zero-order chi connectivity index (χ0) is 16.7. The lowest BCUT2D eigenvalue weighted by molar-refractivity contribution is -0.0503. The minimum atomic E-state index is 0.0573. The highest BCUT2D eigenvalue weighted by atomic mass is 16.5. The van der Waals surface area contributed by atoms with Gasteiger partial charge in [0.25, 0.3) is 5.91 Å². The summed E-state index contributed by atoms with van der Waals surface area (Å²) in [7, 11) is 0. The predicted octanol–water partition coefficient (Wildman–Crippen LogP) is 4.42. The third-order valence-electron chi connectivity index (χ3n) is 6.28. The molecule has 0 radical (unpaired) electrons. The molecule has 5 rings (SSSR count). The second-order valence-corrected chi connectivity index (χ2v) is 8.79. The maximum atomic E-state index is 12.5. The Kier molecular flexibility index (Phi) is 4.06. The van der Waals surface area contributed by atoms with Crippen LogP contribution in [0.15, 0.2) is 24.3 Å². The molecule has 4 bridgehead atoms. The molecule has 4 aliphatic carbocycles. The molecule has 3 nitrogen and oxygen atoms in total. The van der Waals surface area contributed by atoms with Crippen LogP contribution in [0.4, 0.5) is 0 Å². The van der Waals surface area contributed by atoms with Crippen molar-refractivity contribution in [3.8, 4) is 5.75 Å². The number of nitrogens with one attached hydrogen (secondary N) is 1. The van der Waals surface area contributed by atoms with Gasteiger partial charge >= 0.3 is 0 Å². The van der Waals surface area contributed by atoms with Gasteiger partial charge in [0.1, 0.15) is 5.75 Å². The monoisotopic (exact) mass is 327 g/mol. The maximum Gasteiger partial charge on any atom is 0.251 e. The number of benzene rings is 1. The molecule has 0 saturated heterocycles. The van der Waals surface area contributed by atoms with Gasteiger partial charge < -0.3 is 10.1 Å². The summed E-state index contributed by atoms with van der Waals surface area (Å²) in [5.41, 5.74) is 1.13. The van der Waals surface area contributed by atoms with Gasteiger partial charge in [-0.05, 0) is 99.8 Å². The largest absolute Gasteiger partial charge is 0.491 e. The lowest BCUT2D eigenvalue weighted by Crippen LogP contribution is -2.51. The van der Waals surface area contributed by atoms with E-state index >= 15 is 0 Å². The maximum absolute atomic E-state index is 12.5. The summed E-state index contributed by atoms with van der Waals surface area (Å²) in [5, 5.41) is 3.24. The molecule has 0 spiro atoms. The van der Waals surface area contributed by atoms with Crippen LogP contribution in [0.1, 0.15) is 62.7 Å². The van der Waals surface area contributed by atoms with Gasteiger partial charge in [0.2, 0.25) is 0 Å². The summed E-state index contributed by atoms with van der Waals surface area (Å²) in [6, 6.07) is 7.51. The Morgan fingerprint density at radius 3 is 2.12 bits per heavy atom. The van der Waals surface area contributed by atoms with E-state index in [1.54, 1.807) is 0 Å². The SMILES string of the molecule is CC(C)Oc1ccc(C(=O)NCC23CC4CC(CC(C4)C2)C3)cc1. The topological polar surface area (TPSA) is 38.3 Å². The lowest BCUT2D eigenvalue weighted by atomic mass is 9.49. The fraction of sp³-hybridized carbons (Fsp3) is 0.667. The van der Waals surface area contributed by atoms with Gasteiger partial charge in [-0.3, -0.25) is 4.79 Å². The van der Waals surface area contributed by atoms with Crippen molar-refractivity contribution in [2.75, 3.05) is 6.54 Å². The van der Waals surface area contributed by atoms with Gasteiger partial charge in [-0.1, -0.05) is 0 Å². The molecule has 4 saturated carbocycles. The molecule has 4 aliphatic rings. The summed E-state index contributed by atoms with van der Waals surface area (Å²) in [6.07, 6.45) is 8.50. The molecule has 1 amide bonds. The minimum absolute atomic E-state index is 0.0573. The standard InChI is InChI=1S/C21H29NO2/c1-14(2)24-19-5-3-18(4-6-19)20(23)22-13-21-10-15-7-16(11-21)9-17(8-15)12-21/h3-6,14-17H,7-13H2,1-2H3,(H,22,23). The number of rotatable bonds is 5. The number of carbonyl (C=O) groups is 1. The second kappa shape index (κ2) is 6.09. The van der Waals surface area contributed by atoms with Crippen molar-refractivity contribution >= 4 is 5.91 Å². The van der Waals surface area contributed by atoms with Gasteiger partial charge in [0, 0.05) is 12.1 Å². The average molecular weight is 327 g/mol. The van der Waals surface area contributed by atoms with Crippen molar-refractivity contribution in [1.29, 1.82) is 0 Å². The highest BCUT2D eigenvalue weighted by Gasteiger charge is 2.50. The molecule has 130 valence electrons. The predicted molar refractivity (Wildman–Crippen MR) is 95.1 cm³/mol. The first kappa shape index (κ1) is 16.0. The normalized spacial score (nSPS) is 33.7. The van der Waals surface area contributed by atoms with Gasteiger partial charge in [-0.15, -0.1) is 0 Å². The van der Waals surface area contributed by atoms with E-state index in [1.165, 1.54) is 38.5 Å². The smallest absolute Gasteiger partial charge is 0.251 e. The van der Waals surface area contributed by atoms with E-state index in [-0.39, 0.29) is 12.0 Å². The number of hydrogen-bond acceptors (Lipinski definition) is 2. The number of amides is 1. The average Bonchev–Trinajstić information content (AvgIpc) is 2.51. The van der Waals surface area contributed by atoms with E-state index < -0.39 is 0 Å². The molecule has 0 aliphatic heterocycles. The van der Waals surface area contributed by atoms with Crippen molar-refractivity contribution < 1.29 is 9.53 Å². The zero-order valence-electron chi connectivity index (χ0n) is 14.9. The van der Waals surface area contributed by atoms with E-state index in [4.69, 9.17) is 4.74 Å². The lowest BCUT2D eigenvalue weighted by Gasteiger charge is -2.56. The molecule has 0 atom stereocenters. The Morgan fingerprint density at radius 1 is 1.08 bits per heavy atom. The molecular formula is C21H29NO2. The van der Waals surface area contributed by atoms with Gasteiger partial charge in [0.15, 0.2) is 0 Å². The van der Waals surface area contributed by atoms with Crippen LogP contribution in [0.3, 0.4) is 0 Å². The van der Waals surface area contributed by atoms with Crippen LogP contribution >= 0.6 is 0 Å². The van der Waals surface area contributed by atoms with Crippen LogP contribution in [0, 0.1) is 23.2 Å². The third-order valence-corrected chi connectivity index (χ3v) is 6.28. The highest BCUT2D eigenvalue weighted by molar-refractivity contribution is 5.94. The number of ether oxygens (including phenoxy) is 1. The van der Waals surface area contributed by atoms with Crippen molar-refractivity contribution in [3.63, 3.8) is 0 Å². The van der Waals surface area contributed by atoms with Crippen molar-refractivity contribution in [3.05, 3.63) is 29.8 Å². The summed E-state index contributed by atoms with van der Waals surface area (Å²) in [4.78, 5) is 12.5. The van der Waals surface area contributed by atoms with E-state index in [2.05, 4.69) is 5.32 Å². The van der Waals surface area contributed by atoms with Crippen molar-refractivity contribution in [1.82, 2.24) is 5.32 Å². The van der Waals surface area contributed by atoms with Crippen LogP contribution in [0.5, 0.6) is 5.75 Å². The highest BCUT2D eigenvalue weighted by Crippen LogP contribution is 2.59. The molecule has 0 heterocycles. The van der Waals surface area contributed by atoms with E-state index in [0.717, 1.165) is 35.6 Å². The summed E-state index contributed by atoms with van der Waals surface area (Å²) in [6.45, 7) is 4.87. The fourth-order valence-corrected chi connectivity index (χ4v) is 5.83. The third kappa shape index (κ3) is 3.18. The molecule has 3 heteroatoms. The molecule has 1 N–H and O–H groups in total. The summed E-state index contributed by atoms with van der Waals surface area (Å²) >= 11 is 0. The Morgan fingerprint density at radius 2 is 1.62 bits per heavy atom. The summed E-state index contributed by atoms with van der Waals surface area (Å²) in [5.74, 6) is 3.67. The summed E-state index contributed by atoms with van der Waals surface area (Å²) < 4.78 is 5.64. The quantitative estimate of drug-likeness (QED) is 0.869. The van der Waals surface area contributed by atoms with E-state index in [1.807, 2.05) is 38.1 Å². The van der Waals surface area contributed by atoms with Crippen molar-refractivity contribution in [2.24, 2.45) is 23.2 Å². The minimum Gasteiger partial charge on any atom is -0.491 e. The van der Waals surface area contributed by atoms with E-state index in [0.29, 0.717) is 5.41 Å². The first-order valence-electron chi connectivity index (χ1n) is 9.56.